The highest BCUT2D eigenvalue weighted by atomic mass is 19.2. The predicted octanol–water partition coefficient (Wildman–Crippen LogP) is 2.51. The van der Waals surface area contributed by atoms with Crippen LogP contribution in [0.1, 0.15) is 35.7 Å². The fourth-order valence-electron chi connectivity index (χ4n) is 1.12. The minimum absolute atomic E-state index is 0.0878. The van der Waals surface area contributed by atoms with Crippen molar-refractivity contribution in [2.75, 3.05) is 7.11 Å². The van der Waals surface area contributed by atoms with Crippen molar-refractivity contribution in [1.29, 1.82) is 0 Å². The second kappa shape index (κ2) is 6.24. The molecule has 4 heteroatoms. The molecule has 0 spiro atoms. The van der Waals surface area contributed by atoms with Gasteiger partial charge in [-0.1, -0.05) is 19.9 Å². The summed E-state index contributed by atoms with van der Waals surface area (Å²) in [4.78, 5) is 10.3. The molecule has 2 nitrogen and oxygen atoms in total. The average molecular weight is 216 g/mol. The Bertz CT molecular complexity index is 336. The largest absolute Gasteiger partial charge is 0.400 e. The van der Waals surface area contributed by atoms with Crippen LogP contribution in [0.25, 0.3) is 0 Å². The summed E-state index contributed by atoms with van der Waals surface area (Å²) < 4.78 is 26.2. The number of hydrogen-bond donors (Lipinski definition) is 1. The van der Waals surface area contributed by atoms with Crippen molar-refractivity contribution in [3.8, 4) is 0 Å². The molecule has 0 atom stereocenters. The summed E-state index contributed by atoms with van der Waals surface area (Å²) in [6.07, 6.45) is 0.308. The lowest BCUT2D eigenvalue weighted by molar-refractivity contribution is 0.111. The molecule has 0 amide bonds. The van der Waals surface area contributed by atoms with Crippen molar-refractivity contribution in [3.05, 3.63) is 34.9 Å². The first-order chi connectivity index (χ1) is 7.07. The third kappa shape index (κ3) is 3.09. The van der Waals surface area contributed by atoms with E-state index in [4.69, 9.17) is 5.11 Å². The van der Waals surface area contributed by atoms with Crippen LogP contribution in [-0.2, 0) is 0 Å². The lowest BCUT2D eigenvalue weighted by Gasteiger charge is -2.07. The topological polar surface area (TPSA) is 37.3 Å². The van der Waals surface area contributed by atoms with Gasteiger partial charge < -0.3 is 5.11 Å². The average Bonchev–Trinajstić information content (AvgIpc) is 2.24. The monoisotopic (exact) mass is 216 g/mol. The van der Waals surface area contributed by atoms with E-state index in [0.717, 1.165) is 7.11 Å². The Labute approximate surface area is 87.5 Å². The Morgan fingerprint density at radius 2 is 1.73 bits per heavy atom. The van der Waals surface area contributed by atoms with Crippen LogP contribution in [0.3, 0.4) is 0 Å². The summed E-state index contributed by atoms with van der Waals surface area (Å²) in [5.74, 6) is -2.06. The molecule has 0 saturated heterocycles. The van der Waals surface area contributed by atoms with Crippen LogP contribution in [-0.4, -0.2) is 18.5 Å². The zero-order valence-corrected chi connectivity index (χ0v) is 8.92. The van der Waals surface area contributed by atoms with E-state index in [1.54, 1.807) is 13.8 Å². The van der Waals surface area contributed by atoms with Crippen molar-refractivity contribution in [3.63, 3.8) is 0 Å². The van der Waals surface area contributed by atoms with E-state index in [9.17, 15) is 13.6 Å². The van der Waals surface area contributed by atoms with E-state index in [1.165, 1.54) is 12.1 Å². The maximum atomic E-state index is 13.2. The first-order valence-electron chi connectivity index (χ1n) is 4.45. The van der Waals surface area contributed by atoms with Gasteiger partial charge in [0.1, 0.15) is 0 Å². The molecular weight excluding hydrogens is 202 g/mol. The Hall–Kier alpha value is -1.29. The summed E-state index contributed by atoms with van der Waals surface area (Å²) in [6.45, 7) is 3.52. The summed E-state index contributed by atoms with van der Waals surface area (Å²) in [5.41, 5.74) is 0.0602. The third-order valence-electron chi connectivity index (χ3n) is 1.89. The van der Waals surface area contributed by atoms with Crippen molar-refractivity contribution in [2.24, 2.45) is 0 Å². The molecule has 0 aliphatic rings. The van der Waals surface area contributed by atoms with Gasteiger partial charge in [-0.2, -0.15) is 0 Å². The number of aldehydes is 1. The minimum Gasteiger partial charge on any atom is -0.400 e. The van der Waals surface area contributed by atoms with Gasteiger partial charge in [0, 0.05) is 7.11 Å². The van der Waals surface area contributed by atoms with Crippen molar-refractivity contribution >= 4 is 6.29 Å². The van der Waals surface area contributed by atoms with Gasteiger partial charge >= 0.3 is 0 Å². The lowest BCUT2D eigenvalue weighted by atomic mass is 10.0. The maximum absolute atomic E-state index is 13.2. The molecule has 1 rings (SSSR count). The Morgan fingerprint density at radius 1 is 1.20 bits per heavy atom. The number of carbonyl (C=O) groups is 1. The molecule has 1 aromatic rings. The van der Waals surface area contributed by atoms with E-state index in [1.807, 2.05) is 0 Å². The van der Waals surface area contributed by atoms with Crippen LogP contribution in [0.2, 0.25) is 0 Å². The van der Waals surface area contributed by atoms with Crippen molar-refractivity contribution in [1.82, 2.24) is 0 Å². The van der Waals surface area contributed by atoms with Gasteiger partial charge in [0.25, 0.3) is 0 Å². The van der Waals surface area contributed by atoms with Crippen LogP contribution in [0, 0.1) is 11.6 Å². The van der Waals surface area contributed by atoms with E-state index in [-0.39, 0.29) is 11.5 Å². The molecule has 15 heavy (non-hydrogen) atoms. The standard InChI is InChI=1S/C10H10F2O.CH4O/c1-6(2)8-4-3-7(5-13)9(11)10(8)12;1-2/h3-6H,1-2H3;2H,1H3. The molecule has 0 radical (unpaired) electrons. The quantitative estimate of drug-likeness (QED) is 0.771. The smallest absolute Gasteiger partial charge is 0.169 e. The summed E-state index contributed by atoms with van der Waals surface area (Å²) >= 11 is 0. The Kier molecular flexibility index (Phi) is 5.70. The van der Waals surface area contributed by atoms with E-state index in [0.29, 0.717) is 11.8 Å². The second-order valence-electron chi connectivity index (χ2n) is 3.14. The number of hydrogen-bond acceptors (Lipinski definition) is 2. The van der Waals surface area contributed by atoms with Crippen molar-refractivity contribution < 1.29 is 18.7 Å². The van der Waals surface area contributed by atoms with Crippen LogP contribution in [0.5, 0.6) is 0 Å². The first-order valence-corrected chi connectivity index (χ1v) is 4.45. The summed E-state index contributed by atoms with van der Waals surface area (Å²) in [7, 11) is 1.00. The molecule has 0 aliphatic heterocycles. The van der Waals surface area contributed by atoms with Crippen LogP contribution >= 0.6 is 0 Å². The van der Waals surface area contributed by atoms with Crippen molar-refractivity contribution in [2.45, 2.75) is 19.8 Å². The van der Waals surface area contributed by atoms with Crippen LogP contribution in [0.4, 0.5) is 8.78 Å². The second-order valence-corrected chi connectivity index (χ2v) is 3.14. The van der Waals surface area contributed by atoms with E-state index < -0.39 is 11.6 Å². The molecule has 0 aromatic heterocycles. The first kappa shape index (κ1) is 13.7. The fourth-order valence-corrected chi connectivity index (χ4v) is 1.12. The number of rotatable bonds is 2. The van der Waals surface area contributed by atoms with E-state index in [2.05, 4.69) is 0 Å². The molecule has 0 saturated carbocycles. The molecule has 0 aliphatic carbocycles. The normalized spacial score (nSPS) is 9.53. The lowest BCUT2D eigenvalue weighted by Crippen LogP contribution is -2.00. The van der Waals surface area contributed by atoms with Gasteiger partial charge in [0.2, 0.25) is 0 Å². The van der Waals surface area contributed by atoms with Gasteiger partial charge in [0.15, 0.2) is 17.9 Å². The summed E-state index contributed by atoms with van der Waals surface area (Å²) in [5, 5.41) is 7.00. The molecule has 1 aromatic carbocycles. The minimum atomic E-state index is -1.05. The molecule has 0 unspecified atom stereocenters. The number of aliphatic hydroxyl groups is 1. The molecule has 1 N–H and O–H groups in total. The predicted molar refractivity (Wildman–Crippen MR) is 54.0 cm³/mol. The molecule has 84 valence electrons. The Morgan fingerprint density at radius 3 is 2.13 bits per heavy atom. The van der Waals surface area contributed by atoms with Crippen LogP contribution in [0.15, 0.2) is 12.1 Å². The number of benzene rings is 1. The number of aliphatic hydroxyl groups excluding tert-OH is 1. The zero-order chi connectivity index (χ0) is 12.0. The summed E-state index contributed by atoms with van der Waals surface area (Å²) in [6, 6.07) is 2.73. The zero-order valence-electron chi connectivity index (χ0n) is 8.92. The van der Waals surface area contributed by atoms with Crippen LogP contribution < -0.4 is 0 Å². The number of halogens is 2. The van der Waals surface area contributed by atoms with Gasteiger partial charge in [-0.05, 0) is 17.5 Å². The van der Waals surface area contributed by atoms with Gasteiger partial charge in [-0.15, -0.1) is 0 Å². The maximum Gasteiger partial charge on any atom is 0.169 e. The highest BCUT2D eigenvalue weighted by Gasteiger charge is 2.14. The van der Waals surface area contributed by atoms with Gasteiger partial charge in [0.05, 0.1) is 5.56 Å². The molecule has 0 fully saturated rings. The molecular formula is C11H14F2O2. The molecule has 0 heterocycles. The Balaban J connectivity index is 0.000000921. The van der Waals surface area contributed by atoms with Gasteiger partial charge in [-0.25, -0.2) is 8.78 Å². The number of carbonyl (C=O) groups excluding carboxylic acids is 1. The van der Waals surface area contributed by atoms with E-state index >= 15 is 0 Å². The SMILES string of the molecule is CC(C)c1ccc(C=O)c(F)c1F.CO. The highest BCUT2D eigenvalue weighted by molar-refractivity contribution is 5.75. The molecule has 0 bridgehead atoms. The third-order valence-corrected chi connectivity index (χ3v) is 1.89. The highest BCUT2D eigenvalue weighted by Crippen LogP contribution is 2.21. The van der Waals surface area contributed by atoms with Gasteiger partial charge in [-0.3, -0.25) is 4.79 Å². The fraction of sp³-hybridized carbons (Fsp3) is 0.364.